The van der Waals surface area contributed by atoms with Gasteiger partial charge in [-0.25, -0.2) is 9.67 Å². The Labute approximate surface area is 178 Å². The summed E-state index contributed by atoms with van der Waals surface area (Å²) in [5, 5.41) is 20.8. The molecule has 4 N–H and O–H groups in total. The lowest BCUT2D eigenvalue weighted by atomic mass is 10.0. The second-order valence-electron chi connectivity index (χ2n) is 7.73. The maximum Gasteiger partial charge on any atom is 0.134 e. The SMILES string of the molecule is Nc1ccc(-c2ccc3[nH]nc(-c4cn(-c5ccc6c(c5)CNCC6)nn4)c3c2)cn1. The molecule has 2 aromatic carbocycles. The standard InChI is InChI=1S/C23H20N8/c24-22-6-3-16(12-26-22)15-2-5-20-19(10-15)23(29-27-20)21-13-31(30-28-21)18-4-1-14-7-8-25-11-17(14)9-18/h1-6,9-10,12-13,25H,7-8,11H2,(H2,24,26)(H,27,29). The van der Waals surface area contributed by atoms with Gasteiger partial charge >= 0.3 is 0 Å². The lowest BCUT2D eigenvalue weighted by Gasteiger charge is -2.17. The number of nitrogen functional groups attached to an aromatic ring is 1. The number of nitrogens with two attached hydrogens (primary N) is 1. The highest BCUT2D eigenvalue weighted by atomic mass is 15.4. The van der Waals surface area contributed by atoms with Crippen LogP contribution in [0.1, 0.15) is 11.1 Å². The van der Waals surface area contributed by atoms with Crippen molar-refractivity contribution in [2.24, 2.45) is 0 Å². The smallest absolute Gasteiger partial charge is 0.134 e. The molecule has 1 aliphatic rings. The Balaban J connectivity index is 1.38. The predicted octanol–water partition coefficient (Wildman–Crippen LogP) is 3.10. The van der Waals surface area contributed by atoms with Gasteiger partial charge < -0.3 is 11.1 Å². The fourth-order valence-corrected chi connectivity index (χ4v) is 4.07. The fourth-order valence-electron chi connectivity index (χ4n) is 4.07. The zero-order valence-electron chi connectivity index (χ0n) is 16.7. The molecule has 0 amide bonds. The molecule has 1 aliphatic heterocycles. The predicted molar refractivity (Wildman–Crippen MR) is 120 cm³/mol. The van der Waals surface area contributed by atoms with Crippen LogP contribution in [0.3, 0.4) is 0 Å². The summed E-state index contributed by atoms with van der Waals surface area (Å²) in [5.74, 6) is 0.503. The minimum Gasteiger partial charge on any atom is -0.384 e. The van der Waals surface area contributed by atoms with Crippen molar-refractivity contribution in [1.82, 2.24) is 35.5 Å². The number of aromatic amines is 1. The van der Waals surface area contributed by atoms with Crippen LogP contribution in [0.5, 0.6) is 0 Å². The zero-order valence-corrected chi connectivity index (χ0v) is 16.7. The van der Waals surface area contributed by atoms with E-state index in [-0.39, 0.29) is 0 Å². The molecule has 6 rings (SSSR count). The summed E-state index contributed by atoms with van der Waals surface area (Å²) in [6, 6.07) is 16.4. The van der Waals surface area contributed by atoms with Gasteiger partial charge in [0, 0.05) is 23.7 Å². The number of benzene rings is 2. The van der Waals surface area contributed by atoms with Gasteiger partial charge in [0.25, 0.3) is 0 Å². The van der Waals surface area contributed by atoms with Crippen LogP contribution in [0.15, 0.2) is 60.9 Å². The van der Waals surface area contributed by atoms with Crippen LogP contribution < -0.4 is 11.1 Å². The third-order valence-corrected chi connectivity index (χ3v) is 5.76. The van der Waals surface area contributed by atoms with E-state index in [2.05, 4.69) is 55.1 Å². The molecule has 0 fully saturated rings. The number of rotatable bonds is 3. The average molecular weight is 408 g/mol. The first-order chi connectivity index (χ1) is 15.2. The molecule has 8 nitrogen and oxygen atoms in total. The fraction of sp³-hybridized carbons (Fsp3) is 0.130. The van der Waals surface area contributed by atoms with Gasteiger partial charge in [0.1, 0.15) is 17.2 Å². The molecule has 0 spiro atoms. The number of anilines is 1. The van der Waals surface area contributed by atoms with Crippen molar-refractivity contribution in [3.63, 3.8) is 0 Å². The minimum absolute atomic E-state index is 0.503. The second-order valence-corrected chi connectivity index (χ2v) is 7.73. The van der Waals surface area contributed by atoms with E-state index in [9.17, 15) is 0 Å². The van der Waals surface area contributed by atoms with Gasteiger partial charge in [-0.1, -0.05) is 17.3 Å². The lowest BCUT2D eigenvalue weighted by Crippen LogP contribution is -2.23. The molecule has 0 bridgehead atoms. The van der Waals surface area contributed by atoms with Crippen molar-refractivity contribution in [2.45, 2.75) is 13.0 Å². The van der Waals surface area contributed by atoms with Crippen LogP contribution in [0.4, 0.5) is 5.82 Å². The third kappa shape index (κ3) is 3.13. The number of hydrogen-bond acceptors (Lipinski definition) is 6. The molecular formula is C23H20N8. The number of nitrogens with zero attached hydrogens (tertiary/aromatic N) is 5. The number of nitrogens with one attached hydrogen (secondary N) is 2. The summed E-state index contributed by atoms with van der Waals surface area (Å²) in [7, 11) is 0. The Morgan fingerprint density at radius 1 is 0.968 bits per heavy atom. The maximum atomic E-state index is 5.72. The molecular weight excluding hydrogens is 388 g/mol. The molecule has 0 aliphatic carbocycles. The van der Waals surface area contributed by atoms with E-state index in [1.807, 2.05) is 24.4 Å². The zero-order chi connectivity index (χ0) is 20.8. The van der Waals surface area contributed by atoms with Crippen LogP contribution in [-0.4, -0.2) is 36.7 Å². The number of aromatic nitrogens is 6. The van der Waals surface area contributed by atoms with Crippen molar-refractivity contribution >= 4 is 16.7 Å². The quantitative estimate of drug-likeness (QED) is 0.423. The Kier molecular flexibility index (Phi) is 4.03. The van der Waals surface area contributed by atoms with Crippen molar-refractivity contribution in [3.05, 3.63) is 72.1 Å². The van der Waals surface area contributed by atoms with Crippen molar-refractivity contribution in [2.75, 3.05) is 12.3 Å². The van der Waals surface area contributed by atoms with Gasteiger partial charge in [0.05, 0.1) is 17.4 Å². The summed E-state index contributed by atoms with van der Waals surface area (Å²) < 4.78 is 1.80. The Bertz CT molecular complexity index is 1400. The van der Waals surface area contributed by atoms with Gasteiger partial charge in [0.15, 0.2) is 0 Å². The molecule has 0 atom stereocenters. The van der Waals surface area contributed by atoms with Gasteiger partial charge in [-0.05, 0) is 66.1 Å². The van der Waals surface area contributed by atoms with Crippen molar-refractivity contribution < 1.29 is 0 Å². The van der Waals surface area contributed by atoms with E-state index in [1.165, 1.54) is 11.1 Å². The van der Waals surface area contributed by atoms with Crippen LogP contribution in [0.2, 0.25) is 0 Å². The average Bonchev–Trinajstić information content (AvgIpc) is 3.46. The van der Waals surface area contributed by atoms with Crippen molar-refractivity contribution in [1.29, 1.82) is 0 Å². The second kappa shape index (κ2) is 7.03. The van der Waals surface area contributed by atoms with Gasteiger partial charge in [-0.3, -0.25) is 5.10 Å². The number of hydrogen-bond donors (Lipinski definition) is 3. The Morgan fingerprint density at radius 3 is 2.81 bits per heavy atom. The highest BCUT2D eigenvalue weighted by molar-refractivity contribution is 5.94. The van der Waals surface area contributed by atoms with Crippen molar-refractivity contribution in [3.8, 4) is 28.2 Å². The van der Waals surface area contributed by atoms with Gasteiger partial charge in [-0.2, -0.15) is 5.10 Å². The number of H-pyrrole nitrogens is 1. The molecule has 152 valence electrons. The Hall–Kier alpha value is -4.04. The van der Waals surface area contributed by atoms with E-state index >= 15 is 0 Å². The van der Waals surface area contributed by atoms with E-state index in [1.54, 1.807) is 16.9 Å². The highest BCUT2D eigenvalue weighted by Crippen LogP contribution is 2.30. The van der Waals surface area contributed by atoms with E-state index in [0.29, 0.717) is 5.82 Å². The molecule has 31 heavy (non-hydrogen) atoms. The molecule has 0 unspecified atom stereocenters. The maximum absolute atomic E-state index is 5.72. The van der Waals surface area contributed by atoms with Crippen LogP contribution in [-0.2, 0) is 13.0 Å². The van der Waals surface area contributed by atoms with Gasteiger partial charge in [0.2, 0.25) is 0 Å². The molecule has 5 aromatic rings. The minimum atomic E-state index is 0.503. The van der Waals surface area contributed by atoms with Crippen LogP contribution >= 0.6 is 0 Å². The van der Waals surface area contributed by atoms with E-state index in [4.69, 9.17) is 5.73 Å². The molecule has 3 aromatic heterocycles. The summed E-state index contributed by atoms with van der Waals surface area (Å²) in [5.41, 5.74) is 13.9. The molecule has 4 heterocycles. The highest BCUT2D eigenvalue weighted by Gasteiger charge is 2.15. The largest absolute Gasteiger partial charge is 0.384 e. The van der Waals surface area contributed by atoms with Crippen LogP contribution in [0.25, 0.3) is 39.1 Å². The summed E-state index contributed by atoms with van der Waals surface area (Å²) >= 11 is 0. The first kappa shape index (κ1) is 17.8. The number of pyridine rings is 1. The first-order valence-corrected chi connectivity index (χ1v) is 10.2. The molecule has 8 heteroatoms. The third-order valence-electron chi connectivity index (χ3n) is 5.76. The first-order valence-electron chi connectivity index (χ1n) is 10.2. The molecule has 0 saturated carbocycles. The summed E-state index contributed by atoms with van der Waals surface area (Å²) in [6.07, 6.45) is 4.76. The molecule has 0 radical (unpaired) electrons. The number of fused-ring (bicyclic) bond motifs is 2. The van der Waals surface area contributed by atoms with E-state index in [0.717, 1.165) is 58.6 Å². The monoisotopic (exact) mass is 408 g/mol. The van der Waals surface area contributed by atoms with Gasteiger partial charge in [-0.15, -0.1) is 5.10 Å². The summed E-state index contributed by atoms with van der Waals surface area (Å²) in [4.78, 5) is 4.20. The topological polar surface area (TPSA) is 110 Å². The van der Waals surface area contributed by atoms with Crippen LogP contribution in [0, 0.1) is 0 Å². The summed E-state index contributed by atoms with van der Waals surface area (Å²) in [6.45, 7) is 1.91. The molecule has 0 saturated heterocycles. The Morgan fingerprint density at radius 2 is 1.90 bits per heavy atom. The lowest BCUT2D eigenvalue weighted by molar-refractivity contribution is 0.642. The normalized spacial score (nSPS) is 13.4. The van der Waals surface area contributed by atoms with E-state index < -0.39 is 0 Å².